The first-order chi connectivity index (χ1) is 13.4. The molecule has 0 bridgehead atoms. The Bertz CT molecular complexity index is 1180. The predicted molar refractivity (Wildman–Crippen MR) is 104 cm³/mol. The Morgan fingerprint density at radius 2 is 2.07 bits per heavy atom. The molecule has 8 nitrogen and oxygen atoms in total. The zero-order valence-corrected chi connectivity index (χ0v) is 16.1. The highest BCUT2D eigenvalue weighted by Crippen LogP contribution is 2.33. The molecule has 0 saturated heterocycles. The van der Waals surface area contributed by atoms with E-state index >= 15 is 0 Å². The summed E-state index contributed by atoms with van der Waals surface area (Å²) in [5, 5.41) is 0. The highest BCUT2D eigenvalue weighted by Gasteiger charge is 2.31. The molecule has 0 unspecified atom stereocenters. The van der Waals surface area contributed by atoms with Gasteiger partial charge in [-0.25, -0.2) is 19.1 Å². The van der Waals surface area contributed by atoms with Crippen molar-refractivity contribution in [3.8, 4) is 5.69 Å². The van der Waals surface area contributed by atoms with Crippen LogP contribution in [-0.2, 0) is 9.53 Å². The molecule has 1 aliphatic carbocycles. The Morgan fingerprint density at radius 1 is 1.32 bits per heavy atom. The molecule has 0 radical (unpaired) electrons. The van der Waals surface area contributed by atoms with Crippen molar-refractivity contribution in [2.75, 3.05) is 6.61 Å². The SMILES string of the molecule is CCOC(=O)[C@@H](C)n1cnc2c1c(=O)n(C1CC1)c(=O)n2-c1cccc(C)c1. The van der Waals surface area contributed by atoms with E-state index in [1.165, 1.54) is 20.0 Å². The second kappa shape index (κ2) is 6.78. The van der Waals surface area contributed by atoms with Gasteiger partial charge in [0.2, 0.25) is 0 Å². The van der Waals surface area contributed by atoms with E-state index in [0.29, 0.717) is 5.69 Å². The average Bonchev–Trinajstić information content (AvgIpc) is 3.39. The molecule has 1 fully saturated rings. The van der Waals surface area contributed by atoms with Gasteiger partial charge in [0.05, 0.1) is 18.6 Å². The Kier molecular flexibility index (Phi) is 4.41. The normalized spacial score (nSPS) is 15.0. The lowest BCUT2D eigenvalue weighted by atomic mass is 10.2. The first-order valence-electron chi connectivity index (χ1n) is 9.41. The van der Waals surface area contributed by atoms with Gasteiger partial charge in [-0.05, 0) is 51.3 Å². The van der Waals surface area contributed by atoms with Crippen LogP contribution >= 0.6 is 0 Å². The summed E-state index contributed by atoms with van der Waals surface area (Å²) >= 11 is 0. The molecule has 3 aromatic rings. The van der Waals surface area contributed by atoms with Crippen molar-refractivity contribution in [3.63, 3.8) is 0 Å². The van der Waals surface area contributed by atoms with E-state index in [1.807, 2.05) is 31.2 Å². The molecule has 0 aliphatic heterocycles. The summed E-state index contributed by atoms with van der Waals surface area (Å²) in [5.74, 6) is -0.451. The van der Waals surface area contributed by atoms with Crippen LogP contribution in [0, 0.1) is 6.92 Å². The summed E-state index contributed by atoms with van der Waals surface area (Å²) in [6.07, 6.45) is 3.00. The number of fused-ring (bicyclic) bond motifs is 1. The molecule has 2 heterocycles. The van der Waals surface area contributed by atoms with E-state index in [1.54, 1.807) is 13.8 Å². The number of nitrogens with zero attached hydrogens (tertiary/aromatic N) is 4. The van der Waals surface area contributed by atoms with Crippen molar-refractivity contribution in [1.29, 1.82) is 0 Å². The third kappa shape index (κ3) is 2.85. The van der Waals surface area contributed by atoms with Crippen LogP contribution in [0.5, 0.6) is 0 Å². The van der Waals surface area contributed by atoms with Gasteiger partial charge < -0.3 is 9.30 Å². The van der Waals surface area contributed by atoms with Gasteiger partial charge in [-0.3, -0.25) is 9.36 Å². The van der Waals surface area contributed by atoms with Gasteiger partial charge in [0.1, 0.15) is 6.04 Å². The van der Waals surface area contributed by atoms with E-state index in [-0.39, 0.29) is 23.8 Å². The topological polar surface area (TPSA) is 88.1 Å². The maximum absolute atomic E-state index is 13.2. The zero-order valence-electron chi connectivity index (χ0n) is 16.1. The number of aromatic nitrogens is 4. The molecule has 1 atom stereocenters. The third-order valence-corrected chi connectivity index (χ3v) is 5.02. The summed E-state index contributed by atoms with van der Waals surface area (Å²) < 4.78 is 9.34. The molecule has 2 aromatic heterocycles. The van der Waals surface area contributed by atoms with Gasteiger partial charge in [0.15, 0.2) is 11.2 Å². The second-order valence-corrected chi connectivity index (χ2v) is 7.12. The molecule has 146 valence electrons. The Morgan fingerprint density at radius 3 is 2.71 bits per heavy atom. The van der Waals surface area contributed by atoms with Crippen LogP contribution in [0.1, 0.15) is 44.3 Å². The number of esters is 1. The Hall–Kier alpha value is -3.16. The highest BCUT2D eigenvalue weighted by molar-refractivity contribution is 5.79. The monoisotopic (exact) mass is 382 g/mol. The number of aryl methyl sites for hydroxylation is 1. The maximum Gasteiger partial charge on any atom is 0.337 e. The second-order valence-electron chi connectivity index (χ2n) is 7.12. The van der Waals surface area contributed by atoms with Crippen LogP contribution in [0.25, 0.3) is 16.9 Å². The van der Waals surface area contributed by atoms with Crippen molar-refractivity contribution < 1.29 is 9.53 Å². The largest absolute Gasteiger partial charge is 0.464 e. The lowest BCUT2D eigenvalue weighted by molar-refractivity contribution is -0.146. The minimum atomic E-state index is -0.728. The highest BCUT2D eigenvalue weighted by atomic mass is 16.5. The van der Waals surface area contributed by atoms with Crippen molar-refractivity contribution in [3.05, 3.63) is 57.0 Å². The van der Waals surface area contributed by atoms with Crippen LogP contribution in [0.4, 0.5) is 0 Å². The number of carbonyl (C=O) groups is 1. The van der Waals surface area contributed by atoms with Crippen LogP contribution in [0.15, 0.2) is 40.2 Å². The number of hydrogen-bond acceptors (Lipinski definition) is 5. The lowest BCUT2D eigenvalue weighted by Crippen LogP contribution is -2.40. The summed E-state index contributed by atoms with van der Waals surface area (Å²) in [5.41, 5.74) is 1.28. The fourth-order valence-electron chi connectivity index (χ4n) is 3.44. The van der Waals surface area contributed by atoms with E-state index in [9.17, 15) is 14.4 Å². The van der Waals surface area contributed by atoms with Crippen molar-refractivity contribution >= 4 is 17.1 Å². The number of rotatable bonds is 5. The Balaban J connectivity index is 2.04. The van der Waals surface area contributed by atoms with Gasteiger partial charge in [-0.2, -0.15) is 0 Å². The maximum atomic E-state index is 13.2. The molecule has 28 heavy (non-hydrogen) atoms. The predicted octanol–water partition coefficient (Wildman–Crippen LogP) is 2.12. The third-order valence-electron chi connectivity index (χ3n) is 5.02. The molecular weight excluding hydrogens is 360 g/mol. The molecule has 4 rings (SSSR count). The average molecular weight is 382 g/mol. The van der Waals surface area contributed by atoms with E-state index in [4.69, 9.17) is 4.74 Å². The number of imidazole rings is 1. The summed E-state index contributed by atoms with van der Waals surface area (Å²) in [7, 11) is 0. The standard InChI is InChI=1S/C20H22N4O4/c1-4-28-19(26)13(3)22-11-21-17-16(22)18(25)24(14-8-9-14)20(27)23(17)15-7-5-6-12(2)10-15/h5-7,10-11,13-14H,4,8-9H2,1-3H3/t13-/m1/s1. The molecule has 1 aromatic carbocycles. The molecule has 1 aliphatic rings. The zero-order chi connectivity index (χ0) is 20.0. The van der Waals surface area contributed by atoms with Gasteiger partial charge in [-0.15, -0.1) is 0 Å². The molecule has 0 spiro atoms. The summed E-state index contributed by atoms with van der Waals surface area (Å²) in [6.45, 7) is 5.56. The van der Waals surface area contributed by atoms with Gasteiger partial charge in [0, 0.05) is 6.04 Å². The van der Waals surface area contributed by atoms with Crippen LogP contribution in [0.3, 0.4) is 0 Å². The molecule has 8 heteroatoms. The molecule has 0 N–H and O–H groups in total. The quantitative estimate of drug-likeness (QED) is 0.631. The first kappa shape index (κ1) is 18.2. The van der Waals surface area contributed by atoms with Crippen molar-refractivity contribution in [2.45, 2.75) is 45.7 Å². The van der Waals surface area contributed by atoms with Crippen LogP contribution in [0.2, 0.25) is 0 Å². The number of ether oxygens (including phenoxy) is 1. The van der Waals surface area contributed by atoms with Crippen LogP contribution < -0.4 is 11.2 Å². The smallest absolute Gasteiger partial charge is 0.337 e. The number of hydrogen-bond donors (Lipinski definition) is 0. The van der Waals surface area contributed by atoms with E-state index in [0.717, 1.165) is 18.4 Å². The number of carbonyl (C=O) groups excluding carboxylic acids is 1. The van der Waals surface area contributed by atoms with Gasteiger partial charge in [0.25, 0.3) is 5.56 Å². The van der Waals surface area contributed by atoms with Gasteiger partial charge in [-0.1, -0.05) is 12.1 Å². The minimum Gasteiger partial charge on any atom is -0.464 e. The first-order valence-corrected chi connectivity index (χ1v) is 9.41. The molecule has 0 amide bonds. The molecular formula is C20H22N4O4. The molecule has 1 saturated carbocycles. The fraction of sp³-hybridized carbons (Fsp3) is 0.400. The minimum absolute atomic E-state index is 0.110. The lowest BCUT2D eigenvalue weighted by Gasteiger charge is -2.15. The fourth-order valence-corrected chi connectivity index (χ4v) is 3.44. The summed E-state index contributed by atoms with van der Waals surface area (Å²) in [4.78, 5) is 43.0. The number of benzene rings is 1. The van der Waals surface area contributed by atoms with E-state index < -0.39 is 23.3 Å². The van der Waals surface area contributed by atoms with Crippen molar-refractivity contribution in [2.24, 2.45) is 0 Å². The van der Waals surface area contributed by atoms with E-state index in [2.05, 4.69) is 4.98 Å². The van der Waals surface area contributed by atoms with Crippen molar-refractivity contribution in [1.82, 2.24) is 18.7 Å². The summed E-state index contributed by atoms with van der Waals surface area (Å²) in [6, 6.07) is 6.63. The Labute approximate surface area is 161 Å². The van der Waals surface area contributed by atoms with Gasteiger partial charge >= 0.3 is 11.7 Å². The van der Waals surface area contributed by atoms with Crippen LogP contribution in [-0.4, -0.2) is 31.3 Å².